The van der Waals surface area contributed by atoms with Crippen molar-refractivity contribution in [2.75, 3.05) is 10.6 Å². The molecule has 10 N–H and O–H groups in total. The number of nitrogens with zero attached hydrogens (tertiary/aromatic N) is 6. The van der Waals surface area contributed by atoms with Gasteiger partial charge in [-0.1, -0.05) is 110 Å². The smallest absolute Gasteiger partial charge is 0.283 e. The Morgan fingerprint density at radius 2 is 0.853 bits per heavy atom. The number of amidine groups is 4. The Hall–Kier alpha value is -8.91. The van der Waals surface area contributed by atoms with E-state index in [-0.39, 0.29) is 54.9 Å². The lowest BCUT2D eigenvalue weighted by molar-refractivity contribution is -0.0584. The number of rotatable bonds is 10. The summed E-state index contributed by atoms with van der Waals surface area (Å²) < 4.78 is 61.7. The van der Waals surface area contributed by atoms with Gasteiger partial charge in [-0.15, -0.1) is 34.5 Å². The molecule has 4 fully saturated rings. The Kier molecular flexibility index (Phi) is 23.1. The first-order valence-corrected chi connectivity index (χ1v) is 41.2. The molecule has 4 atom stereocenters. The number of amides is 2. The van der Waals surface area contributed by atoms with Crippen molar-refractivity contribution >= 4 is 103 Å². The third-order valence-electron chi connectivity index (χ3n) is 21.9. The van der Waals surface area contributed by atoms with E-state index < -0.39 is 51.8 Å². The molecule has 4 aromatic heterocycles. The first-order valence-electron chi connectivity index (χ1n) is 37.0. The van der Waals surface area contributed by atoms with Crippen LogP contribution in [0.15, 0.2) is 164 Å². The lowest BCUT2D eigenvalue weighted by atomic mass is 9.69. The van der Waals surface area contributed by atoms with Gasteiger partial charge in [0.2, 0.25) is 0 Å². The average molecular weight is 1560 g/mol. The fourth-order valence-corrected chi connectivity index (χ4v) is 23.3. The van der Waals surface area contributed by atoms with Gasteiger partial charge in [-0.25, -0.2) is 32.5 Å². The third-order valence-corrected chi connectivity index (χ3v) is 28.2. The minimum absolute atomic E-state index is 0.00329. The quantitative estimate of drug-likeness (QED) is 0.0553. The zero-order valence-corrected chi connectivity index (χ0v) is 66.1. The number of halogens is 4. The SMILES string of the molecule is CC#Cc1cccc(-c2csc(C3(C)CC4(CCCC4)SC(N)=N3)c2)c1.CC#Cc1cccc(-c2csc(C3(C)CC4(CCCCC4)SC(N)=N3)c2)c1.CC1(c2cc(C(=O)Nc3ccc(F)cn3)ccc2F)CC2(CCC2)OC(N)=N1.CC1(c2cc(C(=O)Nc3ccc(F)cn3)ccc2F)CC2(CCC2)SC(N)=N1. The lowest BCUT2D eigenvalue weighted by Gasteiger charge is -2.48. The molecule has 0 bridgehead atoms. The molecule has 109 heavy (non-hydrogen) atoms. The number of pyridine rings is 2. The van der Waals surface area contributed by atoms with Crippen molar-refractivity contribution in [2.45, 2.75) is 206 Å². The van der Waals surface area contributed by atoms with Gasteiger partial charge in [-0.2, -0.15) is 0 Å². The molecular formula is C85H90F4N12O3S5. The fraction of sp³-hybridized carbons (Fsp3) is 0.388. The van der Waals surface area contributed by atoms with Gasteiger partial charge < -0.3 is 38.3 Å². The van der Waals surface area contributed by atoms with Crippen LogP contribution in [0.4, 0.5) is 29.2 Å². The first kappa shape index (κ1) is 78.2. The molecule has 566 valence electrons. The molecule has 16 rings (SSSR count). The van der Waals surface area contributed by atoms with Crippen molar-refractivity contribution in [3.63, 3.8) is 0 Å². The van der Waals surface area contributed by atoms with Crippen molar-refractivity contribution < 1.29 is 31.9 Å². The molecule has 4 aromatic carbocycles. The van der Waals surface area contributed by atoms with Gasteiger partial charge in [-0.3, -0.25) is 24.6 Å². The van der Waals surface area contributed by atoms with E-state index in [0.717, 1.165) is 85.2 Å². The van der Waals surface area contributed by atoms with Crippen molar-refractivity contribution in [1.29, 1.82) is 0 Å². The molecule has 0 radical (unpaired) electrons. The predicted octanol–water partition coefficient (Wildman–Crippen LogP) is 19.6. The standard InChI is InChI=1S/C23H26N2S2.C22H24N2S2.C20H20F2N4O2.C20H20F2N4OS/c1-3-8-17-9-7-10-18(13-17)19-14-20(26-15-19)22(2)16-23(27-21(24)25-22)11-5-4-6-12-23;1-3-7-16-8-6-9-17(12-16)18-13-19(25-14-18)21(2)15-22(10-4-5-11-22)26-20(23)24-21;2*1-19(11-20(7-2-8-20)28-18(23)26-19)14-9-12(3-5-15(14)22)17(27)25-16-6-4-13(21)10-24-16/h7,9-10,13-15H,4-6,11-12,16H2,1-2H3,(H2,24,25);6,8-9,12-14H,4-5,10-11,15H2,1-2H3,(H2,23,24);2*3-6,9-10H,2,7-8,11H2,1H3,(H2,23,26)(H,24,25,27). The monoisotopic (exact) mass is 1560 g/mol. The summed E-state index contributed by atoms with van der Waals surface area (Å²) in [5.41, 5.74) is 30.2. The summed E-state index contributed by atoms with van der Waals surface area (Å²) in [4.78, 5) is 54.1. The van der Waals surface area contributed by atoms with Crippen LogP contribution < -0.4 is 33.6 Å². The number of hydrogen-bond acceptors (Lipinski definition) is 18. The Balaban J connectivity index is 0.000000128. The van der Waals surface area contributed by atoms with Crippen LogP contribution in [0.3, 0.4) is 0 Å². The normalized spacial score (nSPS) is 23.5. The predicted molar refractivity (Wildman–Crippen MR) is 440 cm³/mol. The van der Waals surface area contributed by atoms with E-state index in [0.29, 0.717) is 28.3 Å². The topological polar surface area (TPSA) is 247 Å². The highest BCUT2D eigenvalue weighted by Gasteiger charge is 2.52. The molecule has 4 aliphatic carbocycles. The molecule has 0 saturated heterocycles. The van der Waals surface area contributed by atoms with E-state index in [4.69, 9.17) is 37.7 Å². The molecule has 2 amide bonds. The largest absolute Gasteiger partial charge is 0.459 e. The maximum absolute atomic E-state index is 14.7. The summed E-state index contributed by atoms with van der Waals surface area (Å²) in [5.74, 6) is 9.85. The number of nitrogens with one attached hydrogen (secondary N) is 2. The molecule has 8 heterocycles. The molecule has 4 aliphatic heterocycles. The number of benzene rings is 4. The maximum atomic E-state index is 14.7. The number of carbonyl (C=O) groups excluding carboxylic acids is 2. The van der Waals surface area contributed by atoms with Crippen LogP contribution in [0.5, 0.6) is 0 Å². The molecule has 15 nitrogen and oxygen atoms in total. The molecule has 8 aliphatic rings. The lowest BCUT2D eigenvalue weighted by Crippen LogP contribution is -2.52. The highest BCUT2D eigenvalue weighted by Crippen LogP contribution is 2.58. The van der Waals surface area contributed by atoms with Crippen LogP contribution >= 0.6 is 58.0 Å². The molecule has 4 saturated carbocycles. The highest BCUT2D eigenvalue weighted by molar-refractivity contribution is 8.15. The van der Waals surface area contributed by atoms with E-state index in [1.807, 2.05) is 55.6 Å². The van der Waals surface area contributed by atoms with Crippen LogP contribution in [0.1, 0.15) is 216 Å². The van der Waals surface area contributed by atoms with Crippen molar-refractivity contribution in [3.8, 4) is 45.9 Å². The van der Waals surface area contributed by atoms with E-state index in [9.17, 15) is 27.2 Å². The number of anilines is 2. The van der Waals surface area contributed by atoms with E-state index in [1.165, 1.54) is 150 Å². The van der Waals surface area contributed by atoms with Gasteiger partial charge in [0.05, 0.1) is 34.5 Å². The van der Waals surface area contributed by atoms with Crippen LogP contribution in [-0.2, 0) is 26.9 Å². The van der Waals surface area contributed by atoms with Gasteiger partial charge in [-0.05, 0) is 249 Å². The Labute approximate surface area is 656 Å². The summed E-state index contributed by atoms with van der Waals surface area (Å²) in [5, 5.41) is 11.6. The van der Waals surface area contributed by atoms with Crippen LogP contribution in [0, 0.1) is 47.0 Å². The zero-order chi connectivity index (χ0) is 77.0. The second kappa shape index (κ2) is 32.2. The summed E-state index contributed by atoms with van der Waals surface area (Å²) in [6.45, 7) is 11.9. The number of nitrogens with two attached hydrogens (primary N) is 4. The summed E-state index contributed by atoms with van der Waals surface area (Å²) in [6.07, 6.45) is 22.9. The first-order chi connectivity index (χ1) is 52.1. The number of hydrogen-bond donors (Lipinski definition) is 6. The third kappa shape index (κ3) is 18.0. The number of ether oxygens (including phenoxy) is 1. The summed E-state index contributed by atoms with van der Waals surface area (Å²) >= 11 is 8.85. The van der Waals surface area contributed by atoms with E-state index in [1.54, 1.807) is 30.0 Å². The number of aliphatic imine (C=N–C) groups is 4. The van der Waals surface area contributed by atoms with Gasteiger partial charge in [0, 0.05) is 63.8 Å². The second-order valence-corrected chi connectivity index (χ2v) is 36.8. The average Bonchev–Trinajstić information content (AvgIpc) is 1.55. The summed E-state index contributed by atoms with van der Waals surface area (Å²) in [6, 6.07) is 35.0. The minimum Gasteiger partial charge on any atom is -0.459 e. The highest BCUT2D eigenvalue weighted by atomic mass is 32.2. The number of thioether (sulfide) groups is 3. The van der Waals surface area contributed by atoms with E-state index in [2.05, 4.69) is 140 Å². The van der Waals surface area contributed by atoms with Crippen LogP contribution in [0.25, 0.3) is 22.3 Å². The van der Waals surface area contributed by atoms with Crippen LogP contribution in [0.2, 0.25) is 0 Å². The van der Waals surface area contributed by atoms with Gasteiger partial charge >= 0.3 is 0 Å². The zero-order valence-electron chi connectivity index (χ0n) is 62.1. The van der Waals surface area contributed by atoms with Crippen molar-refractivity contribution in [1.82, 2.24) is 9.97 Å². The Morgan fingerprint density at radius 1 is 0.450 bits per heavy atom. The van der Waals surface area contributed by atoms with E-state index >= 15 is 0 Å². The number of aromatic nitrogens is 2. The number of carbonyl (C=O) groups is 2. The van der Waals surface area contributed by atoms with Gasteiger partial charge in [0.15, 0.2) is 15.5 Å². The van der Waals surface area contributed by atoms with Crippen molar-refractivity contribution in [2.24, 2.45) is 42.9 Å². The fourth-order valence-electron chi connectivity index (χ4n) is 16.6. The molecule has 24 heteroatoms. The Morgan fingerprint density at radius 3 is 1.25 bits per heavy atom. The minimum atomic E-state index is -0.933. The van der Waals surface area contributed by atoms with Crippen molar-refractivity contribution in [3.05, 3.63) is 211 Å². The molecule has 4 spiro atoms. The molecule has 4 unspecified atom stereocenters. The molecular weight excluding hydrogens is 1470 g/mol. The van der Waals surface area contributed by atoms with Gasteiger partial charge in [0.1, 0.15) is 40.5 Å². The van der Waals surface area contributed by atoms with Crippen LogP contribution in [-0.4, -0.2) is 63.1 Å². The maximum Gasteiger partial charge on any atom is 0.283 e. The Bertz CT molecular complexity index is 4840. The second-order valence-electron chi connectivity index (χ2n) is 30.5. The summed E-state index contributed by atoms with van der Waals surface area (Å²) in [7, 11) is 0. The number of thiophene rings is 2. The van der Waals surface area contributed by atoms with Gasteiger partial charge in [0.25, 0.3) is 17.8 Å². The molecule has 8 aromatic rings.